The number of nitrogens with zero attached hydrogens (tertiary/aromatic N) is 4. The van der Waals surface area contributed by atoms with Crippen LogP contribution in [0.1, 0.15) is 24.2 Å². The Morgan fingerprint density at radius 3 is 2.95 bits per heavy atom. The minimum atomic E-state index is -0.0605. The predicted octanol–water partition coefficient (Wildman–Crippen LogP) is 2.57. The van der Waals surface area contributed by atoms with E-state index in [1.807, 2.05) is 13.0 Å². The van der Waals surface area contributed by atoms with Crippen molar-refractivity contribution >= 4 is 5.78 Å². The van der Waals surface area contributed by atoms with Gasteiger partial charge in [-0.25, -0.2) is 4.98 Å². The summed E-state index contributed by atoms with van der Waals surface area (Å²) in [5.41, 5.74) is 2.35. The van der Waals surface area contributed by atoms with E-state index in [9.17, 15) is 0 Å². The third kappa shape index (κ3) is 2.27. The van der Waals surface area contributed by atoms with Crippen molar-refractivity contribution in [2.45, 2.75) is 20.0 Å². The van der Waals surface area contributed by atoms with E-state index in [0.717, 1.165) is 5.56 Å². The molecule has 0 N–H and O–H groups in total. The maximum atomic E-state index is 5.95. The standard InChI is InChI=1S/C14H14N4O/c1-10-4-3-5-12(8-10)11(2)19-13-6-7-15-14-16-9-17-18(13)14/h3-9,11H,1-2H3. The van der Waals surface area contributed by atoms with Crippen LogP contribution in [-0.4, -0.2) is 19.6 Å². The summed E-state index contributed by atoms with van der Waals surface area (Å²) < 4.78 is 7.54. The predicted molar refractivity (Wildman–Crippen MR) is 71.0 cm³/mol. The second-order valence-electron chi connectivity index (χ2n) is 4.43. The highest BCUT2D eigenvalue weighted by Gasteiger charge is 2.10. The van der Waals surface area contributed by atoms with Gasteiger partial charge in [0.2, 0.25) is 5.88 Å². The highest BCUT2D eigenvalue weighted by molar-refractivity contribution is 5.30. The molecule has 1 atom stereocenters. The number of aryl methyl sites for hydroxylation is 1. The van der Waals surface area contributed by atoms with Gasteiger partial charge in [0, 0.05) is 12.3 Å². The summed E-state index contributed by atoms with van der Waals surface area (Å²) in [6.45, 7) is 4.08. The zero-order chi connectivity index (χ0) is 13.2. The van der Waals surface area contributed by atoms with Crippen LogP contribution in [0.5, 0.6) is 5.88 Å². The number of aromatic nitrogens is 4. The van der Waals surface area contributed by atoms with Crippen molar-refractivity contribution in [2.75, 3.05) is 0 Å². The number of fused-ring (bicyclic) bond motifs is 1. The molecule has 2 aromatic heterocycles. The zero-order valence-corrected chi connectivity index (χ0v) is 10.8. The first-order valence-corrected chi connectivity index (χ1v) is 6.12. The number of hydrogen-bond acceptors (Lipinski definition) is 4. The lowest BCUT2D eigenvalue weighted by Gasteiger charge is -2.15. The minimum Gasteiger partial charge on any atom is -0.470 e. The molecule has 0 amide bonds. The zero-order valence-electron chi connectivity index (χ0n) is 10.8. The normalized spacial score (nSPS) is 12.5. The first-order chi connectivity index (χ1) is 9.24. The number of benzene rings is 1. The summed E-state index contributed by atoms with van der Waals surface area (Å²) in [6, 6.07) is 10.1. The molecule has 3 rings (SSSR count). The Morgan fingerprint density at radius 2 is 2.11 bits per heavy atom. The molecule has 0 radical (unpaired) electrons. The van der Waals surface area contributed by atoms with Crippen LogP contribution < -0.4 is 4.74 Å². The Balaban J connectivity index is 1.90. The Bertz CT molecular complexity index is 707. The monoisotopic (exact) mass is 254 g/mol. The Labute approximate surface area is 110 Å². The minimum absolute atomic E-state index is 0.0605. The summed E-state index contributed by atoms with van der Waals surface area (Å²) in [5, 5.41) is 4.10. The second-order valence-corrected chi connectivity index (χ2v) is 4.43. The lowest BCUT2D eigenvalue weighted by Crippen LogP contribution is -2.07. The van der Waals surface area contributed by atoms with Gasteiger partial charge in [-0.15, -0.1) is 0 Å². The van der Waals surface area contributed by atoms with Crippen molar-refractivity contribution in [3.63, 3.8) is 0 Å². The summed E-state index contributed by atoms with van der Waals surface area (Å²) in [7, 11) is 0. The quantitative estimate of drug-likeness (QED) is 0.720. The molecule has 0 aliphatic carbocycles. The SMILES string of the molecule is Cc1cccc(C(C)Oc2ccnc3ncnn23)c1. The first kappa shape index (κ1) is 11.6. The fourth-order valence-corrected chi connectivity index (χ4v) is 1.98. The molecule has 2 heterocycles. The highest BCUT2D eigenvalue weighted by Crippen LogP contribution is 2.21. The maximum Gasteiger partial charge on any atom is 0.255 e. The van der Waals surface area contributed by atoms with Gasteiger partial charge in [0.1, 0.15) is 12.4 Å². The Kier molecular flexibility index (Phi) is 2.87. The summed E-state index contributed by atoms with van der Waals surface area (Å²) in [6.07, 6.45) is 3.07. The molecule has 0 aliphatic heterocycles. The lowest BCUT2D eigenvalue weighted by atomic mass is 10.1. The van der Waals surface area contributed by atoms with E-state index in [1.165, 1.54) is 11.9 Å². The first-order valence-electron chi connectivity index (χ1n) is 6.12. The van der Waals surface area contributed by atoms with Gasteiger partial charge in [0.15, 0.2) is 0 Å². The van der Waals surface area contributed by atoms with Crippen molar-refractivity contribution in [2.24, 2.45) is 0 Å². The van der Waals surface area contributed by atoms with Gasteiger partial charge in [0.25, 0.3) is 5.78 Å². The van der Waals surface area contributed by atoms with E-state index >= 15 is 0 Å². The summed E-state index contributed by atoms with van der Waals surface area (Å²) >= 11 is 0. The molecular weight excluding hydrogens is 240 g/mol. The van der Waals surface area contributed by atoms with Gasteiger partial charge < -0.3 is 4.74 Å². The molecule has 3 aromatic rings. The maximum absolute atomic E-state index is 5.95. The molecule has 96 valence electrons. The van der Waals surface area contributed by atoms with Crippen LogP contribution in [0.4, 0.5) is 0 Å². The molecule has 1 aromatic carbocycles. The number of hydrogen-bond donors (Lipinski definition) is 0. The van der Waals surface area contributed by atoms with E-state index in [0.29, 0.717) is 11.7 Å². The van der Waals surface area contributed by atoms with Gasteiger partial charge in [0.05, 0.1) is 0 Å². The van der Waals surface area contributed by atoms with Crippen molar-refractivity contribution in [3.05, 3.63) is 54.0 Å². The molecular formula is C14H14N4O. The summed E-state index contributed by atoms with van der Waals surface area (Å²) in [4.78, 5) is 8.14. The third-order valence-electron chi connectivity index (χ3n) is 2.95. The van der Waals surface area contributed by atoms with Crippen LogP contribution in [0.15, 0.2) is 42.9 Å². The third-order valence-corrected chi connectivity index (χ3v) is 2.95. The largest absolute Gasteiger partial charge is 0.470 e. The van der Waals surface area contributed by atoms with Gasteiger partial charge in [-0.05, 0) is 19.4 Å². The molecule has 0 bridgehead atoms. The van der Waals surface area contributed by atoms with Gasteiger partial charge >= 0.3 is 0 Å². The van der Waals surface area contributed by atoms with Crippen LogP contribution in [0.2, 0.25) is 0 Å². The molecule has 0 aliphatic rings. The molecule has 0 saturated carbocycles. The second kappa shape index (κ2) is 4.68. The summed E-state index contributed by atoms with van der Waals surface area (Å²) in [5.74, 6) is 1.17. The highest BCUT2D eigenvalue weighted by atomic mass is 16.5. The van der Waals surface area contributed by atoms with Crippen LogP contribution in [0.25, 0.3) is 5.78 Å². The van der Waals surface area contributed by atoms with E-state index in [4.69, 9.17) is 4.74 Å². The fourth-order valence-electron chi connectivity index (χ4n) is 1.98. The number of ether oxygens (including phenoxy) is 1. The topological polar surface area (TPSA) is 52.3 Å². The smallest absolute Gasteiger partial charge is 0.255 e. The molecule has 0 fully saturated rings. The molecule has 5 heteroatoms. The van der Waals surface area contributed by atoms with E-state index in [2.05, 4.69) is 40.2 Å². The number of rotatable bonds is 3. The van der Waals surface area contributed by atoms with Crippen molar-refractivity contribution < 1.29 is 4.74 Å². The van der Waals surface area contributed by atoms with Crippen LogP contribution >= 0.6 is 0 Å². The Morgan fingerprint density at radius 1 is 1.21 bits per heavy atom. The molecule has 1 unspecified atom stereocenters. The van der Waals surface area contributed by atoms with Crippen LogP contribution in [-0.2, 0) is 0 Å². The van der Waals surface area contributed by atoms with E-state index < -0.39 is 0 Å². The van der Waals surface area contributed by atoms with E-state index in [1.54, 1.807) is 16.8 Å². The van der Waals surface area contributed by atoms with Crippen LogP contribution in [0.3, 0.4) is 0 Å². The molecule has 5 nitrogen and oxygen atoms in total. The average Bonchev–Trinajstić information content (AvgIpc) is 2.88. The van der Waals surface area contributed by atoms with Crippen molar-refractivity contribution in [1.82, 2.24) is 19.6 Å². The van der Waals surface area contributed by atoms with Gasteiger partial charge in [-0.2, -0.15) is 14.6 Å². The lowest BCUT2D eigenvalue weighted by molar-refractivity contribution is 0.211. The molecule has 0 saturated heterocycles. The van der Waals surface area contributed by atoms with Gasteiger partial charge in [-0.1, -0.05) is 29.8 Å². The van der Waals surface area contributed by atoms with Crippen LogP contribution in [0, 0.1) is 6.92 Å². The Hall–Kier alpha value is -2.43. The van der Waals surface area contributed by atoms with E-state index in [-0.39, 0.29) is 6.10 Å². The molecule has 19 heavy (non-hydrogen) atoms. The van der Waals surface area contributed by atoms with Crippen molar-refractivity contribution in [3.8, 4) is 5.88 Å². The fraction of sp³-hybridized carbons (Fsp3) is 0.214. The van der Waals surface area contributed by atoms with Gasteiger partial charge in [-0.3, -0.25) is 0 Å². The average molecular weight is 254 g/mol. The van der Waals surface area contributed by atoms with Crippen molar-refractivity contribution in [1.29, 1.82) is 0 Å². The molecule has 0 spiro atoms.